The molecule has 2 aromatic rings. The number of aromatic nitrogens is 2. The van der Waals surface area contributed by atoms with E-state index in [2.05, 4.69) is 9.84 Å². The molecule has 0 aliphatic heterocycles. The van der Waals surface area contributed by atoms with Crippen molar-refractivity contribution in [1.82, 2.24) is 14.1 Å². The van der Waals surface area contributed by atoms with E-state index in [9.17, 15) is 13.2 Å². The smallest absolute Gasteiger partial charge is 0.339 e. The number of carbonyl (C=O) groups is 1. The SMILES string of the molecule is COC(=O)c1ccccc1S(=O)(=O)N(C)Cc1cnn(C)c1. The predicted molar refractivity (Wildman–Crippen MR) is 79.6 cm³/mol. The molecule has 0 fully saturated rings. The van der Waals surface area contributed by atoms with Crippen LogP contribution in [-0.4, -0.2) is 42.6 Å². The second kappa shape index (κ2) is 6.29. The first kappa shape index (κ1) is 16.2. The lowest BCUT2D eigenvalue weighted by atomic mass is 10.2. The summed E-state index contributed by atoms with van der Waals surface area (Å²) >= 11 is 0. The summed E-state index contributed by atoms with van der Waals surface area (Å²) < 4.78 is 32.8. The Kier molecular flexibility index (Phi) is 4.62. The molecule has 1 aromatic carbocycles. The Morgan fingerprint density at radius 2 is 2.05 bits per heavy atom. The van der Waals surface area contributed by atoms with Crippen molar-refractivity contribution in [2.24, 2.45) is 7.05 Å². The van der Waals surface area contributed by atoms with Crippen LogP contribution in [0.5, 0.6) is 0 Å². The Morgan fingerprint density at radius 3 is 2.64 bits per heavy atom. The Hall–Kier alpha value is -2.19. The van der Waals surface area contributed by atoms with Gasteiger partial charge in [0, 0.05) is 32.4 Å². The first-order valence-electron chi connectivity index (χ1n) is 6.47. The quantitative estimate of drug-likeness (QED) is 0.768. The minimum atomic E-state index is -3.82. The zero-order chi connectivity index (χ0) is 16.3. The Labute approximate surface area is 129 Å². The van der Waals surface area contributed by atoms with Crippen LogP contribution in [-0.2, 0) is 28.4 Å². The Bertz CT molecular complexity index is 783. The van der Waals surface area contributed by atoms with Gasteiger partial charge < -0.3 is 4.74 Å². The molecule has 0 saturated carbocycles. The van der Waals surface area contributed by atoms with E-state index in [1.165, 1.54) is 30.6 Å². The van der Waals surface area contributed by atoms with Crippen LogP contribution in [0.1, 0.15) is 15.9 Å². The van der Waals surface area contributed by atoms with Gasteiger partial charge in [-0.05, 0) is 12.1 Å². The van der Waals surface area contributed by atoms with E-state index >= 15 is 0 Å². The van der Waals surface area contributed by atoms with Crippen molar-refractivity contribution in [3.05, 3.63) is 47.8 Å². The van der Waals surface area contributed by atoms with Crippen LogP contribution >= 0.6 is 0 Å². The molecule has 0 N–H and O–H groups in total. The fourth-order valence-corrected chi connectivity index (χ4v) is 3.37. The maximum atomic E-state index is 12.7. The highest BCUT2D eigenvalue weighted by atomic mass is 32.2. The first-order valence-corrected chi connectivity index (χ1v) is 7.91. The van der Waals surface area contributed by atoms with Gasteiger partial charge >= 0.3 is 5.97 Å². The van der Waals surface area contributed by atoms with Crippen molar-refractivity contribution in [3.63, 3.8) is 0 Å². The average Bonchev–Trinajstić information content (AvgIpc) is 2.91. The summed E-state index contributed by atoms with van der Waals surface area (Å²) in [5.41, 5.74) is 0.771. The van der Waals surface area contributed by atoms with E-state index in [4.69, 9.17) is 0 Å². The molecular formula is C14H17N3O4S. The van der Waals surface area contributed by atoms with E-state index in [1.807, 2.05) is 0 Å². The number of sulfonamides is 1. The molecule has 1 heterocycles. The molecule has 0 unspecified atom stereocenters. The van der Waals surface area contributed by atoms with Crippen LogP contribution in [0, 0.1) is 0 Å². The van der Waals surface area contributed by atoms with Crippen LogP contribution < -0.4 is 0 Å². The molecule has 0 bridgehead atoms. The largest absolute Gasteiger partial charge is 0.465 e. The van der Waals surface area contributed by atoms with Crippen LogP contribution in [0.4, 0.5) is 0 Å². The van der Waals surface area contributed by atoms with Crippen molar-refractivity contribution in [2.45, 2.75) is 11.4 Å². The number of benzene rings is 1. The van der Waals surface area contributed by atoms with E-state index < -0.39 is 16.0 Å². The topological polar surface area (TPSA) is 81.5 Å². The molecule has 2 rings (SSSR count). The van der Waals surface area contributed by atoms with Gasteiger partial charge in [-0.2, -0.15) is 9.40 Å². The minimum Gasteiger partial charge on any atom is -0.465 e. The number of esters is 1. The van der Waals surface area contributed by atoms with Gasteiger partial charge in [0.1, 0.15) is 0 Å². The highest BCUT2D eigenvalue weighted by molar-refractivity contribution is 7.89. The normalized spacial score (nSPS) is 11.6. The average molecular weight is 323 g/mol. The standard InChI is InChI=1S/C14H17N3O4S/c1-16-9-11(8-15-16)10-17(2)22(19,20)13-7-5-4-6-12(13)14(18)21-3/h4-9H,10H2,1-3H3. The molecule has 8 heteroatoms. The summed E-state index contributed by atoms with van der Waals surface area (Å²) in [4.78, 5) is 11.7. The number of methoxy groups -OCH3 is 1. The number of ether oxygens (including phenoxy) is 1. The predicted octanol–water partition coefficient (Wildman–Crippen LogP) is 1.03. The molecule has 118 valence electrons. The van der Waals surface area contributed by atoms with Crippen molar-refractivity contribution >= 4 is 16.0 Å². The molecule has 0 atom stereocenters. The van der Waals surface area contributed by atoms with E-state index in [-0.39, 0.29) is 17.0 Å². The van der Waals surface area contributed by atoms with Gasteiger partial charge in [0.25, 0.3) is 0 Å². The monoisotopic (exact) mass is 323 g/mol. The third-order valence-electron chi connectivity index (χ3n) is 3.14. The lowest BCUT2D eigenvalue weighted by Crippen LogP contribution is -2.28. The van der Waals surface area contributed by atoms with Gasteiger partial charge in [0.15, 0.2) is 0 Å². The maximum Gasteiger partial charge on any atom is 0.339 e. The van der Waals surface area contributed by atoms with E-state index in [0.29, 0.717) is 0 Å². The number of hydrogen-bond acceptors (Lipinski definition) is 5. The number of rotatable bonds is 5. The van der Waals surface area contributed by atoms with Gasteiger partial charge in [0.05, 0.1) is 23.8 Å². The molecule has 22 heavy (non-hydrogen) atoms. The molecule has 0 radical (unpaired) electrons. The van der Waals surface area contributed by atoms with Crippen molar-refractivity contribution in [3.8, 4) is 0 Å². The summed E-state index contributed by atoms with van der Waals surface area (Å²) in [5, 5.41) is 4.00. The second-order valence-corrected chi connectivity index (χ2v) is 6.78. The molecule has 0 aliphatic carbocycles. The maximum absolute atomic E-state index is 12.7. The van der Waals surface area contributed by atoms with Crippen LogP contribution in [0.2, 0.25) is 0 Å². The lowest BCUT2D eigenvalue weighted by molar-refractivity contribution is 0.0596. The third-order valence-corrected chi connectivity index (χ3v) is 5.01. The van der Waals surface area contributed by atoms with Crippen LogP contribution in [0.3, 0.4) is 0 Å². The molecule has 0 amide bonds. The summed E-state index contributed by atoms with van der Waals surface area (Å²) in [6.45, 7) is 0.158. The minimum absolute atomic E-state index is 0.0167. The second-order valence-electron chi connectivity index (χ2n) is 4.77. The zero-order valence-electron chi connectivity index (χ0n) is 12.6. The molecule has 1 aromatic heterocycles. The van der Waals surface area contributed by atoms with Gasteiger partial charge in [-0.1, -0.05) is 12.1 Å². The van der Waals surface area contributed by atoms with Crippen molar-refractivity contribution < 1.29 is 17.9 Å². The zero-order valence-corrected chi connectivity index (χ0v) is 13.4. The third kappa shape index (κ3) is 3.18. The Morgan fingerprint density at radius 1 is 1.36 bits per heavy atom. The number of nitrogens with zero attached hydrogens (tertiary/aromatic N) is 3. The summed E-state index contributed by atoms with van der Waals surface area (Å²) in [5.74, 6) is -0.686. The summed E-state index contributed by atoms with van der Waals surface area (Å²) in [6, 6.07) is 5.97. The van der Waals surface area contributed by atoms with E-state index in [0.717, 1.165) is 5.56 Å². The van der Waals surface area contributed by atoms with Gasteiger partial charge in [-0.15, -0.1) is 0 Å². The van der Waals surface area contributed by atoms with Gasteiger partial charge in [-0.25, -0.2) is 13.2 Å². The van der Waals surface area contributed by atoms with Crippen LogP contribution in [0.25, 0.3) is 0 Å². The number of carbonyl (C=O) groups excluding carboxylic acids is 1. The number of aryl methyl sites for hydroxylation is 1. The number of hydrogen-bond donors (Lipinski definition) is 0. The Balaban J connectivity index is 2.36. The van der Waals surface area contributed by atoms with Gasteiger partial charge in [-0.3, -0.25) is 4.68 Å². The lowest BCUT2D eigenvalue weighted by Gasteiger charge is -2.18. The first-order chi connectivity index (χ1) is 10.4. The summed E-state index contributed by atoms with van der Waals surface area (Å²) in [6.07, 6.45) is 3.33. The van der Waals surface area contributed by atoms with Gasteiger partial charge in [0.2, 0.25) is 10.0 Å². The molecule has 7 nitrogen and oxygen atoms in total. The highest BCUT2D eigenvalue weighted by Crippen LogP contribution is 2.21. The molecule has 0 spiro atoms. The summed E-state index contributed by atoms with van der Waals surface area (Å²) in [7, 11) is 0.604. The van der Waals surface area contributed by atoms with E-state index in [1.54, 1.807) is 36.3 Å². The van der Waals surface area contributed by atoms with Crippen molar-refractivity contribution in [1.29, 1.82) is 0 Å². The molecular weight excluding hydrogens is 306 g/mol. The molecule has 0 aliphatic rings. The highest BCUT2D eigenvalue weighted by Gasteiger charge is 2.27. The fourth-order valence-electron chi connectivity index (χ4n) is 2.03. The fraction of sp³-hybridized carbons (Fsp3) is 0.286. The van der Waals surface area contributed by atoms with Crippen molar-refractivity contribution in [2.75, 3.05) is 14.2 Å². The molecule has 0 saturated heterocycles. The van der Waals surface area contributed by atoms with Crippen LogP contribution in [0.15, 0.2) is 41.6 Å².